The van der Waals surface area contributed by atoms with Gasteiger partial charge in [0, 0.05) is 18.7 Å². The minimum absolute atomic E-state index is 0.0757. The summed E-state index contributed by atoms with van der Waals surface area (Å²) >= 11 is 0. The molecule has 10 nitrogen and oxygen atoms in total. The van der Waals surface area contributed by atoms with E-state index < -0.39 is 39.2 Å². The van der Waals surface area contributed by atoms with E-state index in [0.29, 0.717) is 6.54 Å². The van der Waals surface area contributed by atoms with Gasteiger partial charge in [0.25, 0.3) is 11.6 Å². The molecular formula is C23H20N2O8S. The molecule has 0 saturated carbocycles. The molecule has 1 amide bonds. The van der Waals surface area contributed by atoms with E-state index in [-0.39, 0.29) is 16.2 Å². The first-order chi connectivity index (χ1) is 16.2. The van der Waals surface area contributed by atoms with Gasteiger partial charge in [0.05, 0.1) is 10.5 Å². The van der Waals surface area contributed by atoms with Gasteiger partial charge in [-0.1, -0.05) is 30.3 Å². The summed E-state index contributed by atoms with van der Waals surface area (Å²) in [7, 11) is -4.33. The van der Waals surface area contributed by atoms with Gasteiger partial charge in [0.2, 0.25) is 0 Å². The summed E-state index contributed by atoms with van der Waals surface area (Å²) in [5, 5.41) is 13.5. The van der Waals surface area contributed by atoms with Crippen molar-refractivity contribution >= 4 is 27.7 Å². The zero-order valence-electron chi connectivity index (χ0n) is 18.0. The van der Waals surface area contributed by atoms with Crippen molar-refractivity contribution in [3.63, 3.8) is 0 Å². The lowest BCUT2D eigenvalue weighted by Gasteiger charge is -2.09. The van der Waals surface area contributed by atoms with E-state index in [1.54, 1.807) is 0 Å². The van der Waals surface area contributed by atoms with Crippen LogP contribution in [0.5, 0.6) is 5.75 Å². The van der Waals surface area contributed by atoms with Crippen molar-refractivity contribution in [2.24, 2.45) is 0 Å². The minimum atomic E-state index is -4.33. The van der Waals surface area contributed by atoms with E-state index in [1.165, 1.54) is 30.3 Å². The topological polar surface area (TPSA) is 142 Å². The molecule has 3 aromatic rings. The second-order valence-electron chi connectivity index (χ2n) is 7.10. The highest BCUT2D eigenvalue weighted by molar-refractivity contribution is 7.87. The number of amides is 1. The number of carbonyl (C=O) groups is 2. The van der Waals surface area contributed by atoms with Gasteiger partial charge < -0.3 is 14.2 Å². The Bertz CT molecular complexity index is 1320. The molecule has 0 aliphatic carbocycles. The number of ether oxygens (including phenoxy) is 1. The molecule has 0 aliphatic rings. The normalized spacial score (nSPS) is 10.9. The third-order valence-electron chi connectivity index (χ3n) is 4.68. The molecule has 11 heteroatoms. The fourth-order valence-corrected chi connectivity index (χ4v) is 3.81. The van der Waals surface area contributed by atoms with Crippen molar-refractivity contribution < 1.29 is 31.9 Å². The second kappa shape index (κ2) is 10.6. The number of hydrogen-bond donors (Lipinski definition) is 1. The minimum Gasteiger partial charge on any atom is -0.452 e. The molecule has 3 aromatic carbocycles. The SMILES string of the molecule is Cc1ccccc1CNC(=O)COC(=O)c1ccc(OS(=O)(=O)c2cccc([N+](=O)[O-])c2)cc1. The van der Waals surface area contributed by atoms with Gasteiger partial charge in [-0.2, -0.15) is 8.42 Å². The van der Waals surface area contributed by atoms with E-state index >= 15 is 0 Å². The Hall–Kier alpha value is -4.25. The molecule has 3 rings (SSSR count). The maximum absolute atomic E-state index is 12.4. The van der Waals surface area contributed by atoms with E-state index in [2.05, 4.69) is 5.32 Å². The number of nitrogens with one attached hydrogen (secondary N) is 1. The number of benzene rings is 3. The molecule has 0 radical (unpaired) electrons. The van der Waals surface area contributed by atoms with Crippen LogP contribution < -0.4 is 9.50 Å². The van der Waals surface area contributed by atoms with Crippen molar-refractivity contribution in [2.45, 2.75) is 18.4 Å². The van der Waals surface area contributed by atoms with Gasteiger partial charge in [-0.3, -0.25) is 14.9 Å². The van der Waals surface area contributed by atoms with Crippen molar-refractivity contribution in [3.05, 3.63) is 99.6 Å². The summed E-state index contributed by atoms with van der Waals surface area (Å²) in [6, 6.07) is 17.0. The van der Waals surface area contributed by atoms with Crippen LogP contribution in [0.2, 0.25) is 0 Å². The molecule has 0 unspecified atom stereocenters. The number of carbonyl (C=O) groups excluding carboxylic acids is 2. The lowest BCUT2D eigenvalue weighted by atomic mass is 10.1. The lowest BCUT2D eigenvalue weighted by molar-refractivity contribution is -0.385. The molecular weight excluding hydrogens is 464 g/mol. The molecule has 0 heterocycles. The fourth-order valence-electron chi connectivity index (χ4n) is 2.84. The third kappa shape index (κ3) is 6.39. The Balaban J connectivity index is 1.55. The van der Waals surface area contributed by atoms with Gasteiger partial charge >= 0.3 is 16.1 Å². The fraction of sp³-hybridized carbons (Fsp3) is 0.130. The summed E-state index contributed by atoms with van der Waals surface area (Å²) in [6.45, 7) is 1.74. The van der Waals surface area contributed by atoms with Crippen LogP contribution in [-0.2, 0) is 26.2 Å². The predicted molar refractivity (Wildman–Crippen MR) is 121 cm³/mol. The zero-order valence-corrected chi connectivity index (χ0v) is 18.8. The molecule has 0 spiro atoms. The number of aryl methyl sites for hydroxylation is 1. The summed E-state index contributed by atoms with van der Waals surface area (Å²) in [5.74, 6) is -1.36. The van der Waals surface area contributed by atoms with Gasteiger partial charge in [-0.25, -0.2) is 4.79 Å². The average Bonchev–Trinajstić information content (AvgIpc) is 2.82. The Morgan fingerprint density at radius 3 is 2.38 bits per heavy atom. The Kier molecular flexibility index (Phi) is 7.59. The average molecular weight is 484 g/mol. The van der Waals surface area contributed by atoms with Crippen molar-refractivity contribution in [3.8, 4) is 5.75 Å². The van der Waals surface area contributed by atoms with E-state index in [0.717, 1.165) is 29.3 Å². The molecule has 0 aliphatic heterocycles. The predicted octanol–water partition coefficient (Wildman–Crippen LogP) is 3.14. The molecule has 176 valence electrons. The highest BCUT2D eigenvalue weighted by Gasteiger charge is 2.20. The number of esters is 1. The Morgan fingerprint density at radius 1 is 1.00 bits per heavy atom. The van der Waals surface area contributed by atoms with Crippen LogP contribution in [0.3, 0.4) is 0 Å². The first-order valence-corrected chi connectivity index (χ1v) is 11.3. The summed E-state index contributed by atoms with van der Waals surface area (Å²) in [4.78, 5) is 33.9. The first kappa shape index (κ1) is 24.4. The smallest absolute Gasteiger partial charge is 0.339 e. The number of nitro benzene ring substituents is 1. The van der Waals surface area contributed by atoms with Gasteiger partial charge in [0.15, 0.2) is 6.61 Å². The standard InChI is InChI=1S/C23H20N2O8S/c1-16-5-2-3-6-18(16)14-24-22(26)15-32-23(27)17-9-11-20(12-10-17)33-34(30,31)21-8-4-7-19(13-21)25(28)29/h2-13H,14-15H2,1H3,(H,24,26). The second-order valence-corrected chi connectivity index (χ2v) is 8.64. The van der Waals surface area contributed by atoms with Crippen LogP contribution in [0.1, 0.15) is 21.5 Å². The number of nitrogens with zero attached hydrogens (tertiary/aromatic N) is 1. The quantitative estimate of drug-likeness (QED) is 0.211. The van der Waals surface area contributed by atoms with Gasteiger partial charge in [-0.05, 0) is 48.4 Å². The molecule has 0 fully saturated rings. The van der Waals surface area contributed by atoms with Crippen LogP contribution in [-0.4, -0.2) is 31.8 Å². The molecule has 0 bridgehead atoms. The summed E-state index contributed by atoms with van der Waals surface area (Å²) in [5.41, 5.74) is 1.64. The van der Waals surface area contributed by atoms with E-state index in [1.807, 2.05) is 31.2 Å². The third-order valence-corrected chi connectivity index (χ3v) is 5.93. The summed E-state index contributed by atoms with van der Waals surface area (Å²) in [6.07, 6.45) is 0. The highest BCUT2D eigenvalue weighted by atomic mass is 32.2. The molecule has 0 aromatic heterocycles. The molecule has 1 N–H and O–H groups in total. The number of non-ortho nitro benzene ring substituents is 1. The Morgan fingerprint density at radius 2 is 1.71 bits per heavy atom. The number of hydrogen-bond acceptors (Lipinski definition) is 8. The maximum atomic E-state index is 12.4. The maximum Gasteiger partial charge on any atom is 0.339 e. The van der Waals surface area contributed by atoms with Crippen molar-refractivity contribution in [2.75, 3.05) is 6.61 Å². The van der Waals surface area contributed by atoms with Crippen LogP contribution in [0.15, 0.2) is 77.7 Å². The number of nitro groups is 1. The monoisotopic (exact) mass is 484 g/mol. The summed E-state index contributed by atoms with van der Waals surface area (Å²) < 4.78 is 34.7. The zero-order chi connectivity index (χ0) is 24.7. The molecule has 0 atom stereocenters. The van der Waals surface area contributed by atoms with Crippen molar-refractivity contribution in [1.82, 2.24) is 5.32 Å². The highest BCUT2D eigenvalue weighted by Crippen LogP contribution is 2.22. The lowest BCUT2D eigenvalue weighted by Crippen LogP contribution is -2.28. The largest absolute Gasteiger partial charge is 0.452 e. The first-order valence-electron chi connectivity index (χ1n) is 9.93. The van der Waals surface area contributed by atoms with Crippen LogP contribution in [0, 0.1) is 17.0 Å². The van der Waals surface area contributed by atoms with Crippen LogP contribution in [0.25, 0.3) is 0 Å². The molecule has 34 heavy (non-hydrogen) atoms. The van der Waals surface area contributed by atoms with Crippen LogP contribution in [0.4, 0.5) is 5.69 Å². The van der Waals surface area contributed by atoms with Crippen molar-refractivity contribution in [1.29, 1.82) is 0 Å². The van der Waals surface area contributed by atoms with E-state index in [4.69, 9.17) is 8.92 Å². The van der Waals surface area contributed by atoms with Gasteiger partial charge in [0.1, 0.15) is 10.6 Å². The van der Waals surface area contributed by atoms with Crippen LogP contribution >= 0.6 is 0 Å². The van der Waals surface area contributed by atoms with E-state index in [9.17, 15) is 28.1 Å². The van der Waals surface area contributed by atoms with Gasteiger partial charge in [-0.15, -0.1) is 0 Å². The Labute approximate surface area is 195 Å². The molecule has 0 saturated heterocycles. The number of rotatable bonds is 9.